The number of aromatic amines is 1. The Hall–Kier alpha value is -2.50. The van der Waals surface area contributed by atoms with Gasteiger partial charge in [0, 0.05) is 37.6 Å². The zero-order valence-corrected chi connectivity index (χ0v) is 17.5. The van der Waals surface area contributed by atoms with E-state index in [-0.39, 0.29) is 6.04 Å². The molecule has 1 unspecified atom stereocenters. The molecule has 2 heterocycles. The van der Waals surface area contributed by atoms with Crippen LogP contribution in [0.15, 0.2) is 35.5 Å². The zero-order valence-electron chi connectivity index (χ0n) is 17.5. The van der Waals surface area contributed by atoms with Crippen LogP contribution in [0.5, 0.6) is 0 Å². The highest BCUT2D eigenvalue weighted by atomic mass is 15.2. The van der Waals surface area contributed by atoms with E-state index in [1.165, 1.54) is 42.7 Å². The van der Waals surface area contributed by atoms with E-state index in [1.807, 2.05) is 6.20 Å². The summed E-state index contributed by atoms with van der Waals surface area (Å²) in [4.78, 5) is 7.24. The maximum Gasteiger partial charge on any atom is 0.191 e. The van der Waals surface area contributed by atoms with Crippen molar-refractivity contribution in [3.8, 4) is 0 Å². The topological polar surface area (TPSA) is 68.3 Å². The van der Waals surface area contributed by atoms with Crippen LogP contribution in [-0.2, 0) is 6.42 Å². The first-order chi connectivity index (χ1) is 13.7. The van der Waals surface area contributed by atoms with E-state index in [1.54, 1.807) is 0 Å². The number of benzene rings is 1. The van der Waals surface area contributed by atoms with Crippen LogP contribution in [0.4, 0.5) is 5.69 Å². The van der Waals surface area contributed by atoms with E-state index in [0.717, 1.165) is 37.6 Å². The highest BCUT2D eigenvalue weighted by Gasteiger charge is 2.14. The van der Waals surface area contributed by atoms with Gasteiger partial charge in [-0.1, -0.05) is 12.1 Å². The van der Waals surface area contributed by atoms with Crippen molar-refractivity contribution >= 4 is 11.6 Å². The largest absolute Gasteiger partial charge is 0.372 e. The van der Waals surface area contributed by atoms with E-state index in [9.17, 15) is 0 Å². The van der Waals surface area contributed by atoms with Crippen molar-refractivity contribution in [1.29, 1.82) is 0 Å². The van der Waals surface area contributed by atoms with Crippen molar-refractivity contribution in [1.82, 2.24) is 20.8 Å². The molecule has 6 heteroatoms. The van der Waals surface area contributed by atoms with Gasteiger partial charge in [0.2, 0.25) is 0 Å². The fourth-order valence-electron chi connectivity index (χ4n) is 3.66. The van der Waals surface area contributed by atoms with Crippen LogP contribution in [0.25, 0.3) is 0 Å². The van der Waals surface area contributed by atoms with Gasteiger partial charge in [-0.25, -0.2) is 0 Å². The van der Waals surface area contributed by atoms with Crippen LogP contribution in [-0.4, -0.2) is 42.3 Å². The van der Waals surface area contributed by atoms with Crippen molar-refractivity contribution in [2.45, 2.75) is 52.5 Å². The van der Waals surface area contributed by atoms with Gasteiger partial charge < -0.3 is 15.5 Å². The molecule has 1 atom stereocenters. The molecule has 1 fully saturated rings. The maximum absolute atomic E-state index is 4.76. The van der Waals surface area contributed by atoms with Crippen molar-refractivity contribution in [2.75, 3.05) is 31.1 Å². The normalized spacial score (nSPS) is 15.7. The van der Waals surface area contributed by atoms with Crippen LogP contribution in [0.3, 0.4) is 0 Å². The lowest BCUT2D eigenvalue weighted by molar-refractivity contribution is 0.683. The summed E-state index contributed by atoms with van der Waals surface area (Å²) in [5.74, 6) is 0.880. The molecule has 1 aromatic heterocycles. The average molecular weight is 383 g/mol. The lowest BCUT2D eigenvalue weighted by Gasteiger charge is -2.22. The highest BCUT2D eigenvalue weighted by molar-refractivity contribution is 5.80. The summed E-state index contributed by atoms with van der Waals surface area (Å²) in [6.45, 7) is 10.4. The molecule has 0 spiro atoms. The number of H-pyrrole nitrogens is 1. The Bertz CT molecular complexity index is 760. The summed E-state index contributed by atoms with van der Waals surface area (Å²) >= 11 is 0. The first-order valence-electron chi connectivity index (χ1n) is 10.6. The molecule has 3 rings (SSSR count). The van der Waals surface area contributed by atoms with Gasteiger partial charge in [-0.15, -0.1) is 0 Å². The summed E-state index contributed by atoms with van der Waals surface area (Å²) in [6.07, 6.45) is 6.52. The lowest BCUT2D eigenvalue weighted by Crippen LogP contribution is -2.38. The fourth-order valence-corrected chi connectivity index (χ4v) is 3.66. The molecule has 0 bridgehead atoms. The first-order valence-corrected chi connectivity index (χ1v) is 10.6. The number of hydrogen-bond donors (Lipinski definition) is 3. The molecule has 0 radical (unpaired) electrons. The van der Waals surface area contributed by atoms with E-state index in [4.69, 9.17) is 4.99 Å². The minimum atomic E-state index is 0.205. The molecule has 6 nitrogen and oxygen atoms in total. The number of hydrogen-bond acceptors (Lipinski definition) is 3. The molecular formula is C22H34N6. The monoisotopic (exact) mass is 382 g/mol. The van der Waals surface area contributed by atoms with Crippen LogP contribution in [0.1, 0.15) is 56.0 Å². The van der Waals surface area contributed by atoms with Gasteiger partial charge in [0.15, 0.2) is 5.96 Å². The van der Waals surface area contributed by atoms with E-state index in [2.05, 4.69) is 70.8 Å². The molecule has 2 aromatic rings. The van der Waals surface area contributed by atoms with Gasteiger partial charge in [0.05, 0.1) is 12.2 Å². The highest BCUT2D eigenvalue weighted by Crippen LogP contribution is 2.23. The van der Waals surface area contributed by atoms with Gasteiger partial charge in [0.25, 0.3) is 0 Å². The molecule has 1 aliphatic rings. The van der Waals surface area contributed by atoms with E-state index < -0.39 is 0 Å². The van der Waals surface area contributed by atoms with Gasteiger partial charge in [-0.3, -0.25) is 10.1 Å². The Morgan fingerprint density at radius 2 is 2.14 bits per heavy atom. The third kappa shape index (κ3) is 5.50. The van der Waals surface area contributed by atoms with Gasteiger partial charge in [-0.05, 0) is 69.7 Å². The Morgan fingerprint density at radius 3 is 2.86 bits per heavy atom. The SMILES string of the molecule is CCNC(=NCCCc1cn[nH]c1C)NC(C)c1cccc(N2CCCC2)c1. The molecular weight excluding hydrogens is 348 g/mol. The summed E-state index contributed by atoms with van der Waals surface area (Å²) < 4.78 is 0. The second-order valence-corrected chi connectivity index (χ2v) is 7.54. The number of aryl methyl sites for hydroxylation is 2. The third-order valence-corrected chi connectivity index (χ3v) is 5.35. The van der Waals surface area contributed by atoms with E-state index >= 15 is 0 Å². The molecule has 1 saturated heterocycles. The molecule has 28 heavy (non-hydrogen) atoms. The number of aliphatic imine (C=N–C) groups is 1. The fraction of sp³-hybridized carbons (Fsp3) is 0.545. The number of nitrogens with one attached hydrogen (secondary N) is 3. The minimum Gasteiger partial charge on any atom is -0.372 e. The summed E-state index contributed by atoms with van der Waals surface area (Å²) in [7, 11) is 0. The molecule has 0 amide bonds. The molecule has 0 saturated carbocycles. The maximum atomic E-state index is 4.76. The number of aromatic nitrogens is 2. The van der Waals surface area contributed by atoms with Crippen molar-refractivity contribution in [2.24, 2.45) is 4.99 Å². The van der Waals surface area contributed by atoms with Crippen molar-refractivity contribution in [3.05, 3.63) is 47.3 Å². The first kappa shape index (κ1) is 20.2. The second kappa shape index (κ2) is 10.2. The lowest BCUT2D eigenvalue weighted by atomic mass is 10.1. The van der Waals surface area contributed by atoms with Crippen molar-refractivity contribution in [3.63, 3.8) is 0 Å². The summed E-state index contributed by atoms with van der Waals surface area (Å²) in [5, 5.41) is 14.0. The van der Waals surface area contributed by atoms with Crippen molar-refractivity contribution < 1.29 is 0 Å². The van der Waals surface area contributed by atoms with Gasteiger partial charge >= 0.3 is 0 Å². The second-order valence-electron chi connectivity index (χ2n) is 7.54. The quantitative estimate of drug-likeness (QED) is 0.371. The predicted molar refractivity (Wildman–Crippen MR) is 117 cm³/mol. The minimum absolute atomic E-state index is 0.205. The van der Waals surface area contributed by atoms with Crippen LogP contribution < -0.4 is 15.5 Å². The Balaban J connectivity index is 1.56. The number of rotatable bonds is 8. The van der Waals surface area contributed by atoms with Gasteiger partial charge in [-0.2, -0.15) is 5.10 Å². The van der Waals surface area contributed by atoms with Crippen LogP contribution in [0.2, 0.25) is 0 Å². The average Bonchev–Trinajstić information content (AvgIpc) is 3.37. The van der Waals surface area contributed by atoms with E-state index in [0.29, 0.717) is 0 Å². The zero-order chi connectivity index (χ0) is 19.8. The standard InChI is InChI=1S/C22H34N6/c1-4-23-22(24-12-8-10-20-16-25-27-18(20)3)26-17(2)19-9-7-11-21(15-19)28-13-5-6-14-28/h7,9,11,15-17H,4-6,8,10,12-14H2,1-3H3,(H,25,27)(H2,23,24,26). The number of nitrogens with zero attached hydrogens (tertiary/aromatic N) is 3. The molecule has 3 N–H and O–H groups in total. The Labute approximate surface area is 168 Å². The Morgan fingerprint density at radius 1 is 1.32 bits per heavy atom. The molecule has 1 aliphatic heterocycles. The molecule has 0 aliphatic carbocycles. The molecule has 152 valence electrons. The van der Waals surface area contributed by atoms with Gasteiger partial charge in [0.1, 0.15) is 0 Å². The smallest absolute Gasteiger partial charge is 0.191 e. The Kier molecular flexibility index (Phi) is 7.34. The van der Waals surface area contributed by atoms with Crippen LogP contribution in [0, 0.1) is 6.92 Å². The summed E-state index contributed by atoms with van der Waals surface area (Å²) in [6, 6.07) is 9.10. The number of guanidine groups is 1. The van der Waals surface area contributed by atoms with Crippen LogP contribution >= 0.6 is 0 Å². The predicted octanol–water partition coefficient (Wildman–Crippen LogP) is 3.57. The third-order valence-electron chi connectivity index (χ3n) is 5.35. The summed E-state index contributed by atoms with van der Waals surface area (Å²) in [5.41, 5.74) is 5.06. The molecule has 1 aromatic carbocycles. The number of anilines is 1.